The lowest BCUT2D eigenvalue weighted by Crippen LogP contribution is -2.44. The van der Waals surface area contributed by atoms with Crippen molar-refractivity contribution in [2.75, 3.05) is 25.5 Å². The van der Waals surface area contributed by atoms with Gasteiger partial charge in [0.1, 0.15) is 0 Å². The number of para-hydroxylation sites is 1. The van der Waals surface area contributed by atoms with Gasteiger partial charge < -0.3 is 15.4 Å². The van der Waals surface area contributed by atoms with Gasteiger partial charge in [-0.05, 0) is 44.5 Å². The molecular weight excluding hydrogens is 268 g/mol. The average Bonchev–Trinajstić information content (AvgIpc) is 2.55. The van der Waals surface area contributed by atoms with Crippen molar-refractivity contribution in [3.8, 4) is 0 Å². The number of amides is 1. The lowest BCUT2D eigenvalue weighted by Gasteiger charge is -2.35. The summed E-state index contributed by atoms with van der Waals surface area (Å²) in [5, 5.41) is 6.20. The van der Waals surface area contributed by atoms with Crippen LogP contribution >= 0.6 is 0 Å². The molecule has 1 aromatic carbocycles. The predicted octanol–water partition coefficient (Wildman–Crippen LogP) is 2.19. The van der Waals surface area contributed by atoms with E-state index in [1.165, 1.54) is 7.11 Å². The second kappa shape index (κ2) is 6.72. The van der Waals surface area contributed by atoms with Crippen LogP contribution in [0.4, 0.5) is 5.69 Å². The van der Waals surface area contributed by atoms with Gasteiger partial charge in [0.15, 0.2) is 0 Å². The molecule has 1 aromatic rings. The summed E-state index contributed by atoms with van der Waals surface area (Å²) in [5.74, 6) is -0.454. The van der Waals surface area contributed by atoms with Gasteiger partial charge in [0.05, 0.1) is 23.8 Å². The fourth-order valence-electron chi connectivity index (χ4n) is 2.78. The lowest BCUT2D eigenvalue weighted by molar-refractivity contribution is -0.127. The minimum absolute atomic E-state index is 0.0112. The summed E-state index contributed by atoms with van der Waals surface area (Å²) >= 11 is 0. The molecule has 2 N–H and O–H groups in total. The fraction of sp³-hybridized carbons (Fsp3) is 0.500. The molecular formula is C16H22N2O3. The molecule has 1 amide bonds. The van der Waals surface area contributed by atoms with Crippen molar-refractivity contribution in [1.82, 2.24) is 5.32 Å². The highest BCUT2D eigenvalue weighted by atomic mass is 16.5. The molecule has 0 saturated carbocycles. The summed E-state index contributed by atoms with van der Waals surface area (Å²) in [4.78, 5) is 24.5. The SMILES string of the molecule is CCC1(C(=O)Nc2ccccc2C(=O)OC)CCNCC1. The maximum absolute atomic E-state index is 12.7. The molecule has 1 aliphatic rings. The third kappa shape index (κ3) is 3.24. The van der Waals surface area contributed by atoms with Crippen molar-refractivity contribution < 1.29 is 14.3 Å². The molecule has 2 rings (SSSR count). The number of anilines is 1. The quantitative estimate of drug-likeness (QED) is 0.834. The molecule has 0 radical (unpaired) electrons. The number of piperidine rings is 1. The van der Waals surface area contributed by atoms with Crippen LogP contribution in [0.5, 0.6) is 0 Å². The minimum Gasteiger partial charge on any atom is -0.465 e. The summed E-state index contributed by atoms with van der Waals surface area (Å²) in [5.41, 5.74) is 0.545. The Balaban J connectivity index is 2.21. The lowest BCUT2D eigenvalue weighted by atomic mass is 9.76. The van der Waals surface area contributed by atoms with E-state index in [0.29, 0.717) is 11.3 Å². The van der Waals surface area contributed by atoms with Crippen molar-refractivity contribution >= 4 is 17.6 Å². The fourth-order valence-corrected chi connectivity index (χ4v) is 2.78. The van der Waals surface area contributed by atoms with Crippen molar-refractivity contribution in [2.45, 2.75) is 26.2 Å². The van der Waals surface area contributed by atoms with Crippen LogP contribution in [0.2, 0.25) is 0 Å². The Morgan fingerprint density at radius 3 is 2.57 bits per heavy atom. The van der Waals surface area contributed by atoms with Gasteiger partial charge >= 0.3 is 5.97 Å². The first-order valence-corrected chi connectivity index (χ1v) is 7.32. The van der Waals surface area contributed by atoms with Crippen LogP contribution in [-0.4, -0.2) is 32.1 Å². The van der Waals surface area contributed by atoms with Crippen LogP contribution in [0, 0.1) is 5.41 Å². The van der Waals surface area contributed by atoms with Crippen LogP contribution < -0.4 is 10.6 Å². The molecule has 0 bridgehead atoms. The van der Waals surface area contributed by atoms with E-state index in [1.807, 2.05) is 6.92 Å². The van der Waals surface area contributed by atoms with Crippen LogP contribution in [0.3, 0.4) is 0 Å². The highest BCUT2D eigenvalue weighted by Crippen LogP contribution is 2.34. The predicted molar refractivity (Wildman–Crippen MR) is 81.2 cm³/mol. The van der Waals surface area contributed by atoms with Crippen molar-refractivity contribution in [1.29, 1.82) is 0 Å². The Morgan fingerprint density at radius 1 is 1.29 bits per heavy atom. The Labute approximate surface area is 125 Å². The van der Waals surface area contributed by atoms with Gasteiger partial charge in [-0.1, -0.05) is 19.1 Å². The molecule has 0 aliphatic carbocycles. The smallest absolute Gasteiger partial charge is 0.339 e. The summed E-state index contributed by atoms with van der Waals surface area (Å²) in [6.07, 6.45) is 2.42. The number of carbonyl (C=O) groups excluding carboxylic acids is 2. The van der Waals surface area contributed by atoms with Gasteiger partial charge in [0, 0.05) is 0 Å². The molecule has 1 heterocycles. The highest BCUT2D eigenvalue weighted by molar-refractivity contribution is 6.02. The van der Waals surface area contributed by atoms with Crippen molar-refractivity contribution in [2.24, 2.45) is 5.41 Å². The van der Waals surface area contributed by atoms with Crippen LogP contribution in [0.15, 0.2) is 24.3 Å². The molecule has 1 fully saturated rings. The number of carbonyl (C=O) groups is 2. The average molecular weight is 290 g/mol. The normalized spacial score (nSPS) is 17.0. The molecule has 0 unspecified atom stereocenters. The summed E-state index contributed by atoms with van der Waals surface area (Å²) in [6, 6.07) is 6.93. The molecule has 114 valence electrons. The number of nitrogens with one attached hydrogen (secondary N) is 2. The standard InChI is InChI=1S/C16H22N2O3/c1-3-16(8-10-17-11-9-16)15(20)18-13-7-5-4-6-12(13)14(19)21-2/h4-7,17H,3,8-11H2,1-2H3,(H,18,20). The van der Waals surface area contributed by atoms with Gasteiger partial charge in [0.2, 0.25) is 5.91 Å². The van der Waals surface area contributed by atoms with Crippen molar-refractivity contribution in [3.05, 3.63) is 29.8 Å². The number of methoxy groups -OCH3 is 1. The second-order valence-electron chi connectivity index (χ2n) is 5.38. The molecule has 1 aliphatic heterocycles. The maximum Gasteiger partial charge on any atom is 0.339 e. The van der Waals surface area contributed by atoms with E-state index in [9.17, 15) is 9.59 Å². The molecule has 5 nitrogen and oxygen atoms in total. The van der Waals surface area contributed by atoms with E-state index >= 15 is 0 Å². The number of hydrogen-bond acceptors (Lipinski definition) is 4. The van der Waals surface area contributed by atoms with E-state index in [0.717, 1.165) is 32.4 Å². The molecule has 1 saturated heterocycles. The van der Waals surface area contributed by atoms with Crippen LogP contribution in [-0.2, 0) is 9.53 Å². The largest absolute Gasteiger partial charge is 0.465 e. The van der Waals surface area contributed by atoms with E-state index in [2.05, 4.69) is 10.6 Å². The van der Waals surface area contributed by atoms with Gasteiger partial charge in [-0.15, -0.1) is 0 Å². The Kier molecular flexibility index (Phi) is 4.96. The second-order valence-corrected chi connectivity index (χ2v) is 5.38. The minimum atomic E-state index is -0.443. The van der Waals surface area contributed by atoms with E-state index < -0.39 is 5.97 Å². The highest BCUT2D eigenvalue weighted by Gasteiger charge is 2.38. The first-order chi connectivity index (χ1) is 10.1. The monoisotopic (exact) mass is 290 g/mol. The van der Waals surface area contributed by atoms with Crippen LogP contribution in [0.25, 0.3) is 0 Å². The zero-order valence-corrected chi connectivity index (χ0v) is 12.6. The van der Waals surface area contributed by atoms with Gasteiger partial charge in [-0.25, -0.2) is 4.79 Å². The zero-order chi connectivity index (χ0) is 15.3. The Morgan fingerprint density at radius 2 is 1.95 bits per heavy atom. The van der Waals surface area contributed by atoms with Gasteiger partial charge in [-0.2, -0.15) is 0 Å². The summed E-state index contributed by atoms with van der Waals surface area (Å²) in [7, 11) is 1.33. The third-order valence-electron chi connectivity index (χ3n) is 4.30. The summed E-state index contributed by atoms with van der Waals surface area (Å²) in [6.45, 7) is 3.73. The number of benzene rings is 1. The first kappa shape index (κ1) is 15.5. The topological polar surface area (TPSA) is 67.4 Å². The van der Waals surface area contributed by atoms with E-state index in [1.54, 1.807) is 24.3 Å². The number of ether oxygens (including phenoxy) is 1. The van der Waals surface area contributed by atoms with Gasteiger partial charge in [-0.3, -0.25) is 4.79 Å². The number of hydrogen-bond donors (Lipinski definition) is 2. The molecule has 0 spiro atoms. The number of esters is 1. The Bertz CT molecular complexity index is 522. The first-order valence-electron chi connectivity index (χ1n) is 7.32. The van der Waals surface area contributed by atoms with E-state index in [-0.39, 0.29) is 11.3 Å². The van der Waals surface area contributed by atoms with Gasteiger partial charge in [0.25, 0.3) is 0 Å². The maximum atomic E-state index is 12.7. The third-order valence-corrected chi connectivity index (χ3v) is 4.30. The molecule has 21 heavy (non-hydrogen) atoms. The molecule has 0 atom stereocenters. The molecule has 0 aromatic heterocycles. The number of rotatable bonds is 4. The Hall–Kier alpha value is -1.88. The zero-order valence-electron chi connectivity index (χ0n) is 12.6. The van der Waals surface area contributed by atoms with Crippen LogP contribution in [0.1, 0.15) is 36.5 Å². The van der Waals surface area contributed by atoms with E-state index in [4.69, 9.17) is 4.74 Å². The summed E-state index contributed by atoms with van der Waals surface area (Å²) < 4.78 is 4.76. The molecule has 5 heteroatoms. The van der Waals surface area contributed by atoms with Crippen molar-refractivity contribution in [3.63, 3.8) is 0 Å².